The molecular formula is C24H25NO. The van der Waals surface area contributed by atoms with Gasteiger partial charge in [0, 0.05) is 23.5 Å². The van der Waals surface area contributed by atoms with Gasteiger partial charge in [-0.15, -0.1) is 0 Å². The number of nitrogens with zero attached hydrogens (tertiary/aromatic N) is 1. The van der Waals surface area contributed by atoms with E-state index in [0.717, 1.165) is 22.5 Å². The van der Waals surface area contributed by atoms with E-state index in [1.54, 1.807) is 0 Å². The van der Waals surface area contributed by atoms with Gasteiger partial charge in [0.25, 0.3) is 0 Å². The molecule has 0 radical (unpaired) electrons. The Morgan fingerprint density at radius 2 is 1.38 bits per heavy atom. The molecule has 0 bridgehead atoms. The Bertz CT molecular complexity index is 1080. The van der Waals surface area contributed by atoms with Crippen LogP contribution < -0.4 is 4.90 Å². The van der Waals surface area contributed by atoms with E-state index in [1.807, 2.05) is 0 Å². The molecule has 2 heteroatoms. The van der Waals surface area contributed by atoms with Crippen LogP contribution in [0.3, 0.4) is 0 Å². The number of hydrogen-bond acceptors (Lipinski definition) is 2. The van der Waals surface area contributed by atoms with E-state index >= 15 is 0 Å². The Balaban J connectivity index is 1.83. The van der Waals surface area contributed by atoms with E-state index < -0.39 is 0 Å². The number of rotatable bonds is 2. The number of anilines is 2. The number of hydrogen-bond donors (Lipinski definition) is 0. The number of aryl methyl sites for hydroxylation is 1. The summed E-state index contributed by atoms with van der Waals surface area (Å²) in [7, 11) is 2.10. The topological polar surface area (TPSA) is 16.4 Å². The molecule has 0 spiro atoms. The molecule has 0 unspecified atom stereocenters. The van der Waals surface area contributed by atoms with Crippen LogP contribution in [-0.2, 0) is 5.41 Å². The Morgan fingerprint density at radius 1 is 0.769 bits per heavy atom. The van der Waals surface area contributed by atoms with Crippen molar-refractivity contribution >= 4 is 33.3 Å². The molecule has 26 heavy (non-hydrogen) atoms. The first-order valence-electron chi connectivity index (χ1n) is 9.11. The summed E-state index contributed by atoms with van der Waals surface area (Å²) in [6.45, 7) is 8.81. The van der Waals surface area contributed by atoms with Crippen LogP contribution in [0.4, 0.5) is 11.4 Å². The summed E-state index contributed by atoms with van der Waals surface area (Å²) < 4.78 is 6.29. The van der Waals surface area contributed by atoms with Crippen molar-refractivity contribution in [3.8, 4) is 0 Å². The second kappa shape index (κ2) is 5.91. The molecule has 0 fully saturated rings. The van der Waals surface area contributed by atoms with Crippen molar-refractivity contribution in [2.24, 2.45) is 0 Å². The normalized spacial score (nSPS) is 12.0. The van der Waals surface area contributed by atoms with E-state index in [4.69, 9.17) is 4.42 Å². The summed E-state index contributed by atoms with van der Waals surface area (Å²) in [4.78, 5) is 2.20. The molecule has 0 saturated heterocycles. The molecule has 2 nitrogen and oxygen atoms in total. The van der Waals surface area contributed by atoms with E-state index in [2.05, 4.69) is 100 Å². The lowest BCUT2D eigenvalue weighted by Gasteiger charge is -2.23. The van der Waals surface area contributed by atoms with Gasteiger partial charge in [-0.2, -0.15) is 0 Å². The summed E-state index contributed by atoms with van der Waals surface area (Å²) in [5.74, 6) is 0. The van der Waals surface area contributed by atoms with Crippen LogP contribution in [0, 0.1) is 6.92 Å². The second-order valence-electron chi connectivity index (χ2n) is 8.06. The molecule has 0 aliphatic carbocycles. The Labute approximate surface area is 155 Å². The molecule has 0 atom stereocenters. The first-order valence-corrected chi connectivity index (χ1v) is 9.11. The van der Waals surface area contributed by atoms with Crippen molar-refractivity contribution in [1.82, 2.24) is 0 Å². The minimum atomic E-state index is 0.160. The SMILES string of the molecule is Cc1cccc2c1oc1c(N(C)c3ccc(C(C)(C)C)cc3)cccc12. The lowest BCUT2D eigenvalue weighted by Crippen LogP contribution is -2.13. The lowest BCUT2D eigenvalue weighted by molar-refractivity contribution is 0.590. The third-order valence-corrected chi connectivity index (χ3v) is 5.18. The van der Waals surface area contributed by atoms with Gasteiger partial charge in [0.2, 0.25) is 0 Å². The van der Waals surface area contributed by atoms with Crippen molar-refractivity contribution in [1.29, 1.82) is 0 Å². The molecule has 0 N–H and O–H groups in total. The highest BCUT2D eigenvalue weighted by Gasteiger charge is 2.17. The maximum atomic E-state index is 6.29. The van der Waals surface area contributed by atoms with Crippen LogP contribution in [-0.4, -0.2) is 7.05 Å². The van der Waals surface area contributed by atoms with Crippen molar-refractivity contribution < 1.29 is 4.42 Å². The predicted molar refractivity (Wildman–Crippen MR) is 112 cm³/mol. The molecule has 3 aromatic carbocycles. The van der Waals surface area contributed by atoms with Crippen molar-refractivity contribution in [3.05, 3.63) is 71.8 Å². The van der Waals surface area contributed by atoms with Gasteiger partial charge in [-0.1, -0.05) is 63.2 Å². The number of furan rings is 1. The zero-order valence-corrected chi connectivity index (χ0v) is 16.1. The van der Waals surface area contributed by atoms with Crippen LogP contribution >= 0.6 is 0 Å². The fourth-order valence-corrected chi connectivity index (χ4v) is 3.53. The monoisotopic (exact) mass is 343 g/mol. The van der Waals surface area contributed by atoms with Gasteiger partial charge < -0.3 is 9.32 Å². The lowest BCUT2D eigenvalue weighted by atomic mass is 9.87. The summed E-state index contributed by atoms with van der Waals surface area (Å²) in [5, 5.41) is 2.35. The summed E-state index contributed by atoms with van der Waals surface area (Å²) in [6.07, 6.45) is 0. The Kier molecular flexibility index (Phi) is 3.80. The van der Waals surface area contributed by atoms with E-state index in [0.29, 0.717) is 0 Å². The number of fused-ring (bicyclic) bond motifs is 3. The summed E-state index contributed by atoms with van der Waals surface area (Å²) in [6, 6.07) is 21.5. The van der Waals surface area contributed by atoms with Crippen LogP contribution in [0.1, 0.15) is 31.9 Å². The first-order chi connectivity index (χ1) is 12.4. The average Bonchev–Trinajstić information content (AvgIpc) is 3.01. The minimum absolute atomic E-state index is 0.160. The third kappa shape index (κ3) is 2.66. The highest BCUT2D eigenvalue weighted by molar-refractivity contribution is 6.10. The van der Waals surface area contributed by atoms with Crippen LogP contribution in [0.15, 0.2) is 65.1 Å². The van der Waals surface area contributed by atoms with Gasteiger partial charge >= 0.3 is 0 Å². The molecule has 1 aromatic heterocycles. The van der Waals surface area contributed by atoms with E-state index in [1.165, 1.54) is 21.9 Å². The Hall–Kier alpha value is -2.74. The number of benzene rings is 3. The largest absolute Gasteiger partial charge is 0.454 e. The molecule has 1 heterocycles. The highest BCUT2D eigenvalue weighted by Crippen LogP contribution is 2.38. The van der Waals surface area contributed by atoms with Gasteiger partial charge in [0.15, 0.2) is 5.58 Å². The zero-order valence-electron chi connectivity index (χ0n) is 16.1. The standard InChI is InChI=1S/C24H25NO/c1-16-8-6-9-19-20-10-7-11-21(23(20)26-22(16)19)25(5)18-14-12-17(13-15-18)24(2,3)4/h6-15H,1-5H3. The van der Waals surface area contributed by atoms with E-state index in [9.17, 15) is 0 Å². The van der Waals surface area contributed by atoms with Gasteiger partial charge in [-0.05, 0) is 41.7 Å². The van der Waals surface area contributed by atoms with Crippen molar-refractivity contribution in [2.45, 2.75) is 33.1 Å². The van der Waals surface area contributed by atoms with Crippen LogP contribution in [0.25, 0.3) is 21.9 Å². The molecule has 0 aliphatic heterocycles. The summed E-state index contributed by atoms with van der Waals surface area (Å²) >= 11 is 0. The van der Waals surface area contributed by atoms with E-state index in [-0.39, 0.29) is 5.41 Å². The quantitative estimate of drug-likeness (QED) is 0.391. The minimum Gasteiger partial charge on any atom is -0.454 e. The number of para-hydroxylation sites is 2. The van der Waals surface area contributed by atoms with Gasteiger partial charge in [-0.3, -0.25) is 0 Å². The molecule has 4 aromatic rings. The fourth-order valence-electron chi connectivity index (χ4n) is 3.53. The van der Waals surface area contributed by atoms with Gasteiger partial charge in [0.05, 0.1) is 5.69 Å². The molecule has 0 saturated carbocycles. The smallest absolute Gasteiger partial charge is 0.159 e. The first kappa shape index (κ1) is 16.7. The van der Waals surface area contributed by atoms with Gasteiger partial charge in [0.1, 0.15) is 5.58 Å². The second-order valence-corrected chi connectivity index (χ2v) is 8.06. The van der Waals surface area contributed by atoms with Crippen molar-refractivity contribution in [3.63, 3.8) is 0 Å². The molecule has 0 amide bonds. The third-order valence-electron chi connectivity index (χ3n) is 5.18. The van der Waals surface area contributed by atoms with Gasteiger partial charge in [-0.25, -0.2) is 0 Å². The average molecular weight is 343 g/mol. The molecule has 4 rings (SSSR count). The van der Waals surface area contributed by atoms with Crippen molar-refractivity contribution in [2.75, 3.05) is 11.9 Å². The maximum absolute atomic E-state index is 6.29. The summed E-state index contributed by atoms with van der Waals surface area (Å²) in [5.41, 5.74) is 6.83. The molecular weight excluding hydrogens is 318 g/mol. The zero-order chi connectivity index (χ0) is 18.5. The maximum Gasteiger partial charge on any atom is 0.159 e. The van der Waals surface area contributed by atoms with Crippen LogP contribution in [0.5, 0.6) is 0 Å². The fraction of sp³-hybridized carbons (Fsp3) is 0.250. The van der Waals surface area contributed by atoms with Crippen LogP contribution in [0.2, 0.25) is 0 Å². The molecule has 0 aliphatic rings. The Morgan fingerprint density at radius 3 is 2.04 bits per heavy atom. The molecule has 132 valence electrons. The highest BCUT2D eigenvalue weighted by atomic mass is 16.3. The predicted octanol–water partition coefficient (Wildman–Crippen LogP) is 6.96.